The van der Waals surface area contributed by atoms with Gasteiger partial charge < -0.3 is 14.7 Å². The zero-order valence-corrected chi connectivity index (χ0v) is 13.8. The molecule has 1 aliphatic heterocycles. The number of aromatic nitrogens is 4. The van der Waals surface area contributed by atoms with Crippen molar-refractivity contribution in [1.29, 1.82) is 0 Å². The first-order chi connectivity index (χ1) is 12.1. The minimum Gasteiger partial charge on any atom is -0.479 e. The van der Waals surface area contributed by atoms with Crippen molar-refractivity contribution in [2.24, 2.45) is 0 Å². The first-order valence-corrected chi connectivity index (χ1v) is 7.98. The van der Waals surface area contributed by atoms with Crippen LogP contribution in [-0.2, 0) is 20.7 Å². The summed E-state index contributed by atoms with van der Waals surface area (Å²) in [4.78, 5) is 25.8. The summed E-state index contributed by atoms with van der Waals surface area (Å²) < 4.78 is 6.68. The molecule has 3 rings (SSSR count). The topological polar surface area (TPSA) is 110 Å². The Labute approximate surface area is 144 Å². The van der Waals surface area contributed by atoms with Crippen molar-refractivity contribution in [3.8, 4) is 0 Å². The number of carboxylic acid groups (broad SMARTS) is 1. The van der Waals surface area contributed by atoms with Gasteiger partial charge in [-0.2, -0.15) is 0 Å². The number of hydrogen-bond acceptors (Lipinski definition) is 6. The van der Waals surface area contributed by atoms with E-state index in [-0.39, 0.29) is 19.1 Å². The molecular weight excluding hydrogens is 326 g/mol. The average molecular weight is 345 g/mol. The Hall–Kier alpha value is -2.81. The van der Waals surface area contributed by atoms with E-state index in [1.165, 1.54) is 9.58 Å². The molecule has 1 aliphatic rings. The predicted octanol–water partition coefficient (Wildman–Crippen LogP) is 0.0773. The molecule has 0 saturated carbocycles. The summed E-state index contributed by atoms with van der Waals surface area (Å²) >= 11 is 0. The number of benzene rings is 1. The van der Waals surface area contributed by atoms with E-state index in [1.807, 2.05) is 30.3 Å². The lowest BCUT2D eigenvalue weighted by molar-refractivity contribution is -0.160. The molecule has 0 bridgehead atoms. The zero-order chi connectivity index (χ0) is 17.8. The van der Waals surface area contributed by atoms with E-state index in [4.69, 9.17) is 9.84 Å². The lowest BCUT2D eigenvalue weighted by Gasteiger charge is -2.33. The molecule has 0 unspecified atom stereocenters. The molecule has 1 fully saturated rings. The van der Waals surface area contributed by atoms with Crippen LogP contribution < -0.4 is 0 Å². The van der Waals surface area contributed by atoms with Gasteiger partial charge in [0.05, 0.1) is 13.2 Å². The van der Waals surface area contributed by atoms with Crippen LogP contribution in [0.2, 0.25) is 0 Å². The second kappa shape index (κ2) is 7.39. The largest absolute Gasteiger partial charge is 0.479 e. The molecule has 132 valence electrons. The summed E-state index contributed by atoms with van der Waals surface area (Å²) in [6.07, 6.45) is -0.592. The molecule has 0 aliphatic carbocycles. The second-order valence-corrected chi connectivity index (χ2v) is 5.86. The molecule has 2 aromatic rings. The smallest absolute Gasteiger partial charge is 0.334 e. The number of tetrazole rings is 1. The second-order valence-electron chi connectivity index (χ2n) is 5.86. The van der Waals surface area contributed by atoms with Crippen molar-refractivity contribution in [3.63, 3.8) is 0 Å². The third-order valence-corrected chi connectivity index (χ3v) is 4.16. The highest BCUT2D eigenvalue weighted by atomic mass is 16.5. The predicted molar refractivity (Wildman–Crippen MR) is 85.7 cm³/mol. The Morgan fingerprint density at radius 3 is 2.76 bits per heavy atom. The van der Waals surface area contributed by atoms with Crippen molar-refractivity contribution < 1.29 is 19.4 Å². The molecule has 0 radical (unpaired) electrons. The van der Waals surface area contributed by atoms with Crippen LogP contribution in [0.25, 0.3) is 0 Å². The minimum absolute atomic E-state index is 0.0145. The molecule has 1 aromatic heterocycles. The van der Waals surface area contributed by atoms with Crippen molar-refractivity contribution in [2.75, 3.05) is 19.7 Å². The molecule has 1 N–H and O–H groups in total. The summed E-state index contributed by atoms with van der Waals surface area (Å²) in [5, 5.41) is 20.6. The highest BCUT2D eigenvalue weighted by molar-refractivity contribution is 5.82. The number of carbonyl (C=O) groups excluding carboxylic acids is 1. The Bertz CT molecular complexity index is 748. The van der Waals surface area contributed by atoms with E-state index >= 15 is 0 Å². The molecule has 9 heteroatoms. The van der Waals surface area contributed by atoms with Gasteiger partial charge >= 0.3 is 5.97 Å². The number of carbonyl (C=O) groups is 2. The number of ether oxygens (including phenoxy) is 1. The van der Waals surface area contributed by atoms with Crippen LogP contribution >= 0.6 is 0 Å². The molecule has 2 heterocycles. The van der Waals surface area contributed by atoms with Gasteiger partial charge in [-0.25, -0.2) is 9.48 Å². The number of aliphatic carboxylic acids is 1. The van der Waals surface area contributed by atoms with Gasteiger partial charge in [0.2, 0.25) is 5.91 Å². The number of rotatable bonds is 5. The fourth-order valence-electron chi connectivity index (χ4n) is 2.85. The van der Waals surface area contributed by atoms with Crippen LogP contribution in [0.1, 0.15) is 17.4 Å². The molecule has 1 aromatic carbocycles. The Morgan fingerprint density at radius 1 is 1.36 bits per heavy atom. The maximum Gasteiger partial charge on any atom is 0.334 e. The highest BCUT2D eigenvalue weighted by Crippen LogP contribution is 2.19. The number of amides is 1. The van der Waals surface area contributed by atoms with Gasteiger partial charge in [-0.3, -0.25) is 4.79 Å². The lowest BCUT2D eigenvalue weighted by Crippen LogP contribution is -2.51. The van der Waals surface area contributed by atoms with E-state index < -0.39 is 18.1 Å². The fraction of sp³-hybridized carbons (Fsp3) is 0.438. The molecule has 2 atom stereocenters. The Kier molecular flexibility index (Phi) is 5.03. The summed E-state index contributed by atoms with van der Waals surface area (Å²) in [6.45, 7) is 2.27. The summed E-state index contributed by atoms with van der Waals surface area (Å²) in [5.74, 6) is -0.762. The first-order valence-electron chi connectivity index (χ1n) is 7.98. The molecule has 0 spiro atoms. The van der Waals surface area contributed by atoms with Gasteiger partial charge in [-0.05, 0) is 22.9 Å². The third-order valence-electron chi connectivity index (χ3n) is 4.16. The summed E-state index contributed by atoms with van der Waals surface area (Å²) in [6, 6.07) is 8.93. The maximum atomic E-state index is 13.1. The molecule has 9 nitrogen and oxygen atoms in total. The van der Waals surface area contributed by atoms with Crippen molar-refractivity contribution in [2.45, 2.75) is 25.5 Å². The monoisotopic (exact) mass is 345 g/mol. The Balaban J connectivity index is 1.84. The SMILES string of the molecule is Cc1nnnn1[C@@H](Cc1ccccc1)C(=O)N1CCO[C@H](C(=O)O)C1. The van der Waals surface area contributed by atoms with Crippen LogP contribution in [0.5, 0.6) is 0 Å². The number of aryl methyl sites for hydroxylation is 1. The quantitative estimate of drug-likeness (QED) is 0.817. The van der Waals surface area contributed by atoms with Gasteiger partial charge in [0.1, 0.15) is 11.9 Å². The normalized spacial score (nSPS) is 18.8. The van der Waals surface area contributed by atoms with Crippen LogP contribution in [0.3, 0.4) is 0 Å². The standard InChI is InChI=1S/C16H19N5O4/c1-11-17-18-19-21(11)13(9-12-5-3-2-4-6-12)15(22)20-7-8-25-14(10-20)16(23)24/h2-6,13-14H,7-10H2,1H3,(H,23,24)/t13-,14-/m0/s1. The minimum atomic E-state index is -1.07. The van der Waals surface area contributed by atoms with Gasteiger partial charge in [0.15, 0.2) is 6.10 Å². The number of carboxylic acids is 1. The van der Waals surface area contributed by atoms with E-state index in [2.05, 4.69) is 15.5 Å². The zero-order valence-electron chi connectivity index (χ0n) is 13.8. The molecular formula is C16H19N5O4. The van der Waals surface area contributed by atoms with Crippen LogP contribution in [0.15, 0.2) is 30.3 Å². The van der Waals surface area contributed by atoms with Crippen LogP contribution in [0, 0.1) is 6.92 Å². The fourth-order valence-corrected chi connectivity index (χ4v) is 2.85. The Morgan fingerprint density at radius 2 is 2.12 bits per heavy atom. The van der Waals surface area contributed by atoms with Gasteiger partial charge in [-0.1, -0.05) is 30.3 Å². The van der Waals surface area contributed by atoms with Crippen molar-refractivity contribution >= 4 is 11.9 Å². The molecule has 1 saturated heterocycles. The number of nitrogens with zero attached hydrogens (tertiary/aromatic N) is 5. The lowest BCUT2D eigenvalue weighted by atomic mass is 10.0. The number of morpholine rings is 1. The summed E-state index contributed by atoms with van der Waals surface area (Å²) in [7, 11) is 0. The van der Waals surface area contributed by atoms with Crippen LogP contribution in [-0.4, -0.2) is 67.9 Å². The van der Waals surface area contributed by atoms with E-state index in [9.17, 15) is 9.59 Å². The average Bonchev–Trinajstić information content (AvgIpc) is 3.06. The van der Waals surface area contributed by atoms with Crippen molar-refractivity contribution in [3.05, 3.63) is 41.7 Å². The number of hydrogen-bond donors (Lipinski definition) is 1. The first kappa shape index (κ1) is 17.0. The van der Waals surface area contributed by atoms with E-state index in [0.717, 1.165) is 5.56 Å². The van der Waals surface area contributed by atoms with Gasteiger partial charge in [0, 0.05) is 13.0 Å². The summed E-state index contributed by atoms with van der Waals surface area (Å²) in [5.41, 5.74) is 0.971. The maximum absolute atomic E-state index is 13.1. The van der Waals surface area contributed by atoms with E-state index in [1.54, 1.807) is 6.92 Å². The van der Waals surface area contributed by atoms with Crippen molar-refractivity contribution in [1.82, 2.24) is 25.1 Å². The van der Waals surface area contributed by atoms with E-state index in [0.29, 0.717) is 18.8 Å². The van der Waals surface area contributed by atoms with Gasteiger partial charge in [-0.15, -0.1) is 5.10 Å². The van der Waals surface area contributed by atoms with Gasteiger partial charge in [0.25, 0.3) is 0 Å². The van der Waals surface area contributed by atoms with Crippen LogP contribution in [0.4, 0.5) is 0 Å². The highest BCUT2D eigenvalue weighted by Gasteiger charge is 2.34. The third kappa shape index (κ3) is 3.82. The molecule has 1 amide bonds. The molecule has 25 heavy (non-hydrogen) atoms.